The maximum absolute atomic E-state index is 13.2. The largest absolute Gasteiger partial charge is 0.336 e. The Bertz CT molecular complexity index is 1230. The number of nitrogens with zero attached hydrogens (tertiary/aromatic N) is 3. The fraction of sp³-hybridized carbons (Fsp3) is 0.273. The molecule has 2 aromatic carbocycles. The number of hydrogen-bond acceptors (Lipinski definition) is 4. The number of hydrogen-bond donors (Lipinski definition) is 0. The smallest absolute Gasteiger partial charge is 0.272 e. The second-order valence-electron chi connectivity index (χ2n) is 7.50. The molecule has 9 heteroatoms. The highest BCUT2D eigenvalue weighted by molar-refractivity contribution is 7.91. The van der Waals surface area contributed by atoms with Crippen molar-refractivity contribution >= 4 is 27.3 Å². The van der Waals surface area contributed by atoms with E-state index >= 15 is 0 Å². The van der Waals surface area contributed by atoms with Crippen LogP contribution in [0.25, 0.3) is 11.3 Å². The zero-order valence-electron chi connectivity index (χ0n) is 16.8. The maximum atomic E-state index is 13.2. The molecule has 1 aromatic heterocycles. The molecule has 1 atom stereocenters. The topological polar surface area (TPSA) is 72.3 Å². The van der Waals surface area contributed by atoms with Crippen molar-refractivity contribution in [2.45, 2.75) is 11.7 Å². The lowest BCUT2D eigenvalue weighted by molar-refractivity contribution is 0.0755. The van der Waals surface area contributed by atoms with Crippen molar-refractivity contribution in [1.82, 2.24) is 14.7 Å². The van der Waals surface area contributed by atoms with Gasteiger partial charge in [-0.3, -0.25) is 9.48 Å². The number of rotatable bonds is 3. The Hall–Kier alpha value is -2.71. The number of carbonyl (C=O) groups excluding carboxylic acids is 1. The number of benzene rings is 2. The number of aromatic nitrogens is 2. The van der Waals surface area contributed by atoms with Gasteiger partial charge >= 0.3 is 0 Å². The minimum atomic E-state index is -3.47. The van der Waals surface area contributed by atoms with Crippen LogP contribution in [-0.4, -0.2) is 47.8 Å². The molecule has 0 aliphatic carbocycles. The molecule has 31 heavy (non-hydrogen) atoms. The summed E-state index contributed by atoms with van der Waals surface area (Å²) >= 11 is 6.24. The van der Waals surface area contributed by atoms with E-state index in [2.05, 4.69) is 5.10 Å². The van der Waals surface area contributed by atoms with Crippen molar-refractivity contribution in [3.8, 4) is 11.3 Å². The van der Waals surface area contributed by atoms with E-state index < -0.39 is 15.1 Å². The van der Waals surface area contributed by atoms with Gasteiger partial charge in [0, 0.05) is 30.7 Å². The van der Waals surface area contributed by atoms with E-state index in [1.165, 1.54) is 16.8 Å². The van der Waals surface area contributed by atoms with Crippen LogP contribution in [0.2, 0.25) is 5.02 Å². The first-order chi connectivity index (χ1) is 14.8. The van der Waals surface area contributed by atoms with Crippen LogP contribution in [0.5, 0.6) is 0 Å². The molecule has 162 valence electrons. The molecule has 0 saturated carbocycles. The monoisotopic (exact) mass is 461 g/mol. The van der Waals surface area contributed by atoms with Gasteiger partial charge in [-0.05, 0) is 48.4 Å². The fourth-order valence-electron chi connectivity index (χ4n) is 3.82. The summed E-state index contributed by atoms with van der Waals surface area (Å²) in [6.45, 7) is 0.379. The lowest BCUT2D eigenvalue weighted by atomic mass is 10.1. The van der Waals surface area contributed by atoms with Gasteiger partial charge in [-0.25, -0.2) is 12.8 Å². The fourth-order valence-corrected chi connectivity index (χ4v) is 5.97. The van der Waals surface area contributed by atoms with Crippen LogP contribution in [0.3, 0.4) is 0 Å². The van der Waals surface area contributed by atoms with E-state index in [9.17, 15) is 17.6 Å². The van der Waals surface area contributed by atoms with Gasteiger partial charge < -0.3 is 4.90 Å². The highest BCUT2D eigenvalue weighted by atomic mass is 35.5. The molecule has 0 N–H and O–H groups in total. The predicted molar refractivity (Wildman–Crippen MR) is 117 cm³/mol. The summed E-state index contributed by atoms with van der Waals surface area (Å²) in [4.78, 5) is 14.7. The molecule has 0 bridgehead atoms. The summed E-state index contributed by atoms with van der Waals surface area (Å²) in [5.74, 6) is -0.787. The van der Waals surface area contributed by atoms with Crippen LogP contribution in [0, 0.1) is 5.82 Å². The summed E-state index contributed by atoms with van der Waals surface area (Å²) in [7, 11) is -1.82. The number of halogens is 2. The van der Waals surface area contributed by atoms with Gasteiger partial charge in [0.1, 0.15) is 11.5 Å². The van der Waals surface area contributed by atoms with E-state index in [1.807, 2.05) is 0 Å². The predicted octanol–water partition coefficient (Wildman–Crippen LogP) is 3.88. The molecular formula is C22H21ClFN3O3S. The number of aryl methyl sites for hydroxylation is 1. The third-order valence-electron chi connectivity index (χ3n) is 5.52. The Balaban J connectivity index is 1.58. The van der Waals surface area contributed by atoms with Crippen LogP contribution >= 0.6 is 11.6 Å². The van der Waals surface area contributed by atoms with Crippen LogP contribution in [-0.2, 0) is 16.9 Å². The number of amides is 1. The van der Waals surface area contributed by atoms with Gasteiger partial charge in [0.05, 0.1) is 16.7 Å². The lowest BCUT2D eigenvalue weighted by Crippen LogP contribution is -2.34. The molecule has 2 heterocycles. The highest BCUT2D eigenvalue weighted by Gasteiger charge is 2.34. The van der Waals surface area contributed by atoms with Gasteiger partial charge in [0.2, 0.25) is 0 Å². The highest BCUT2D eigenvalue weighted by Crippen LogP contribution is 2.34. The average molecular weight is 462 g/mol. The molecule has 3 aromatic rings. The molecule has 1 amide bonds. The third kappa shape index (κ3) is 4.36. The molecule has 0 radical (unpaired) electrons. The minimum Gasteiger partial charge on any atom is -0.336 e. The van der Waals surface area contributed by atoms with Crippen molar-refractivity contribution in [3.63, 3.8) is 0 Å². The van der Waals surface area contributed by atoms with Gasteiger partial charge in [-0.2, -0.15) is 5.10 Å². The summed E-state index contributed by atoms with van der Waals surface area (Å²) < 4.78 is 40.5. The first-order valence-electron chi connectivity index (χ1n) is 9.81. The first-order valence-corrected chi connectivity index (χ1v) is 11.9. The molecule has 1 saturated heterocycles. The lowest BCUT2D eigenvalue weighted by Gasteiger charge is -2.20. The molecular weight excluding hydrogens is 441 g/mol. The zero-order chi connectivity index (χ0) is 22.2. The van der Waals surface area contributed by atoms with E-state index in [-0.39, 0.29) is 37.0 Å². The minimum absolute atomic E-state index is 0.0964. The summed E-state index contributed by atoms with van der Waals surface area (Å²) in [5.41, 5.74) is 2.14. The zero-order valence-corrected chi connectivity index (χ0v) is 18.4. The van der Waals surface area contributed by atoms with Crippen molar-refractivity contribution in [2.75, 3.05) is 18.8 Å². The molecule has 1 aliphatic heterocycles. The Kier molecular flexibility index (Phi) is 5.85. The van der Waals surface area contributed by atoms with E-state index in [4.69, 9.17) is 11.6 Å². The van der Waals surface area contributed by atoms with E-state index in [0.29, 0.717) is 27.5 Å². The van der Waals surface area contributed by atoms with Gasteiger partial charge in [-0.1, -0.05) is 29.8 Å². The SMILES string of the molecule is Cn1nc(-c2ccc(F)cc2)cc1C(=O)N1CCC(c2ccccc2Cl)S(=O)(=O)CC1. The third-order valence-corrected chi connectivity index (χ3v) is 7.97. The average Bonchev–Trinajstić information content (AvgIpc) is 3.05. The quantitative estimate of drug-likeness (QED) is 0.593. The maximum Gasteiger partial charge on any atom is 0.272 e. The Labute approximate surface area is 185 Å². The van der Waals surface area contributed by atoms with Crippen LogP contribution in [0.4, 0.5) is 4.39 Å². The van der Waals surface area contributed by atoms with Crippen molar-refractivity contribution in [2.24, 2.45) is 7.05 Å². The van der Waals surface area contributed by atoms with Gasteiger partial charge in [0.15, 0.2) is 9.84 Å². The Morgan fingerprint density at radius 2 is 1.84 bits per heavy atom. The van der Waals surface area contributed by atoms with E-state index in [0.717, 1.165) is 0 Å². The normalized spacial score (nSPS) is 18.5. The summed E-state index contributed by atoms with van der Waals surface area (Å²) in [6.07, 6.45) is 0.264. The van der Waals surface area contributed by atoms with Crippen LogP contribution < -0.4 is 0 Å². The Morgan fingerprint density at radius 1 is 1.13 bits per heavy atom. The molecule has 1 unspecified atom stereocenters. The van der Waals surface area contributed by atoms with Crippen LogP contribution in [0.15, 0.2) is 54.6 Å². The number of carbonyl (C=O) groups is 1. The summed E-state index contributed by atoms with van der Waals surface area (Å²) in [6, 6.07) is 14.4. The van der Waals surface area contributed by atoms with E-state index in [1.54, 1.807) is 54.4 Å². The Morgan fingerprint density at radius 3 is 2.55 bits per heavy atom. The molecule has 1 fully saturated rings. The standard InChI is InChI=1S/C22H21ClFN3O3S/c1-26-20(14-19(25-26)15-6-8-16(24)9-7-15)22(28)27-11-10-21(31(29,30)13-12-27)17-4-2-3-5-18(17)23/h2-9,14,21H,10-13H2,1H3. The van der Waals surface area contributed by atoms with Gasteiger partial charge in [-0.15, -0.1) is 0 Å². The first kappa shape index (κ1) is 21.5. The van der Waals surface area contributed by atoms with Gasteiger partial charge in [0.25, 0.3) is 5.91 Å². The van der Waals surface area contributed by atoms with Crippen LogP contribution in [0.1, 0.15) is 27.7 Å². The number of sulfone groups is 1. The molecule has 0 spiro atoms. The van der Waals surface area contributed by atoms with Crippen molar-refractivity contribution in [1.29, 1.82) is 0 Å². The molecule has 1 aliphatic rings. The molecule has 4 rings (SSSR count). The van der Waals surface area contributed by atoms with Crippen molar-refractivity contribution in [3.05, 3.63) is 76.7 Å². The molecule has 6 nitrogen and oxygen atoms in total. The second-order valence-corrected chi connectivity index (χ2v) is 10.2. The second kappa shape index (κ2) is 8.43. The van der Waals surface area contributed by atoms with Crippen molar-refractivity contribution < 1.29 is 17.6 Å². The summed E-state index contributed by atoms with van der Waals surface area (Å²) in [5, 5.41) is 4.02.